The Hall–Kier alpha value is -2.73. The maximum Gasteiger partial charge on any atom is 0.223 e. The molecule has 3 heterocycles. The Morgan fingerprint density at radius 1 is 1.22 bits per heavy atom. The SMILES string of the molecule is Cc1noc(-c2ccccc2)c1-c1ccnc(NCCC2CCCN2C)n1. The second-order valence-corrected chi connectivity index (χ2v) is 7.10. The first-order valence-electron chi connectivity index (χ1n) is 9.51. The van der Waals surface area contributed by atoms with E-state index in [9.17, 15) is 0 Å². The van der Waals surface area contributed by atoms with Gasteiger partial charge >= 0.3 is 0 Å². The third-order valence-corrected chi connectivity index (χ3v) is 5.24. The molecule has 1 unspecified atom stereocenters. The van der Waals surface area contributed by atoms with E-state index in [0.717, 1.165) is 41.2 Å². The maximum atomic E-state index is 5.60. The topological polar surface area (TPSA) is 67.1 Å². The summed E-state index contributed by atoms with van der Waals surface area (Å²) in [5, 5.41) is 7.53. The molecule has 1 atom stereocenters. The Bertz CT molecular complexity index is 893. The molecule has 1 N–H and O–H groups in total. The smallest absolute Gasteiger partial charge is 0.223 e. The Labute approximate surface area is 159 Å². The Morgan fingerprint density at radius 3 is 2.85 bits per heavy atom. The average Bonchev–Trinajstić information content (AvgIpc) is 3.28. The van der Waals surface area contributed by atoms with Crippen molar-refractivity contribution < 1.29 is 4.52 Å². The lowest BCUT2D eigenvalue weighted by molar-refractivity contribution is 0.301. The van der Waals surface area contributed by atoms with Crippen LogP contribution in [0.25, 0.3) is 22.6 Å². The molecule has 27 heavy (non-hydrogen) atoms. The van der Waals surface area contributed by atoms with Crippen LogP contribution < -0.4 is 5.32 Å². The fraction of sp³-hybridized carbons (Fsp3) is 0.381. The first-order valence-corrected chi connectivity index (χ1v) is 9.51. The van der Waals surface area contributed by atoms with Crippen molar-refractivity contribution in [1.82, 2.24) is 20.0 Å². The van der Waals surface area contributed by atoms with Gasteiger partial charge in [-0.1, -0.05) is 35.5 Å². The fourth-order valence-corrected chi connectivity index (χ4v) is 3.74. The van der Waals surface area contributed by atoms with E-state index in [-0.39, 0.29) is 0 Å². The van der Waals surface area contributed by atoms with E-state index in [1.807, 2.05) is 43.3 Å². The van der Waals surface area contributed by atoms with Crippen LogP contribution in [0.1, 0.15) is 25.0 Å². The molecule has 1 fully saturated rings. The number of nitrogens with zero attached hydrogens (tertiary/aromatic N) is 4. The number of likely N-dealkylation sites (tertiary alicyclic amines) is 1. The minimum Gasteiger partial charge on any atom is -0.355 e. The maximum absolute atomic E-state index is 5.60. The quantitative estimate of drug-likeness (QED) is 0.714. The van der Waals surface area contributed by atoms with Crippen molar-refractivity contribution in [1.29, 1.82) is 0 Å². The molecular weight excluding hydrogens is 338 g/mol. The summed E-state index contributed by atoms with van der Waals surface area (Å²) >= 11 is 0. The van der Waals surface area contributed by atoms with Crippen molar-refractivity contribution in [3.63, 3.8) is 0 Å². The summed E-state index contributed by atoms with van der Waals surface area (Å²) in [4.78, 5) is 11.5. The van der Waals surface area contributed by atoms with Crippen molar-refractivity contribution in [2.45, 2.75) is 32.2 Å². The lowest BCUT2D eigenvalue weighted by atomic mass is 10.0. The predicted octanol–water partition coefficient (Wildman–Crippen LogP) is 4.00. The van der Waals surface area contributed by atoms with Gasteiger partial charge in [0.15, 0.2) is 5.76 Å². The van der Waals surface area contributed by atoms with Crippen molar-refractivity contribution >= 4 is 5.95 Å². The zero-order valence-corrected chi connectivity index (χ0v) is 15.9. The standard InChI is InChI=1S/C21H25N5O/c1-15-19(20(27-25-15)16-7-4-3-5-8-16)18-11-13-23-21(24-18)22-12-10-17-9-6-14-26(17)2/h3-5,7-8,11,13,17H,6,9-10,12,14H2,1-2H3,(H,22,23,24). The molecule has 1 aliphatic rings. The fourth-order valence-electron chi connectivity index (χ4n) is 3.74. The molecule has 1 saturated heterocycles. The van der Waals surface area contributed by atoms with Gasteiger partial charge in [-0.3, -0.25) is 0 Å². The highest BCUT2D eigenvalue weighted by atomic mass is 16.5. The van der Waals surface area contributed by atoms with Gasteiger partial charge in [0, 0.05) is 24.3 Å². The van der Waals surface area contributed by atoms with Gasteiger partial charge < -0.3 is 14.7 Å². The Kier molecular flexibility index (Phi) is 5.16. The van der Waals surface area contributed by atoms with E-state index in [1.165, 1.54) is 19.4 Å². The number of aromatic nitrogens is 3. The van der Waals surface area contributed by atoms with Crippen molar-refractivity contribution in [2.24, 2.45) is 0 Å². The largest absolute Gasteiger partial charge is 0.355 e. The van der Waals surface area contributed by atoms with Crippen LogP contribution in [0.2, 0.25) is 0 Å². The molecule has 0 bridgehead atoms. The van der Waals surface area contributed by atoms with Gasteiger partial charge in [-0.25, -0.2) is 9.97 Å². The van der Waals surface area contributed by atoms with Crippen LogP contribution in [0.4, 0.5) is 5.95 Å². The van der Waals surface area contributed by atoms with Crippen LogP contribution in [0, 0.1) is 6.92 Å². The summed E-state index contributed by atoms with van der Waals surface area (Å²) in [5.74, 6) is 1.39. The van der Waals surface area contributed by atoms with Crippen LogP contribution in [0.3, 0.4) is 0 Å². The molecule has 6 heteroatoms. The average molecular weight is 363 g/mol. The van der Waals surface area contributed by atoms with Gasteiger partial charge in [0.1, 0.15) is 0 Å². The van der Waals surface area contributed by atoms with E-state index >= 15 is 0 Å². The van der Waals surface area contributed by atoms with E-state index in [2.05, 4.69) is 27.4 Å². The molecular formula is C21H25N5O. The Morgan fingerprint density at radius 2 is 2.07 bits per heavy atom. The molecule has 0 saturated carbocycles. The first-order chi connectivity index (χ1) is 13.2. The zero-order valence-electron chi connectivity index (χ0n) is 15.9. The summed E-state index contributed by atoms with van der Waals surface area (Å²) in [7, 11) is 2.20. The third-order valence-electron chi connectivity index (χ3n) is 5.24. The Balaban J connectivity index is 1.52. The highest BCUT2D eigenvalue weighted by Gasteiger charge is 2.21. The van der Waals surface area contributed by atoms with Crippen molar-refractivity contribution in [3.8, 4) is 22.6 Å². The summed E-state index contributed by atoms with van der Waals surface area (Å²) in [6, 6.07) is 12.6. The molecule has 1 aliphatic heterocycles. The van der Waals surface area contributed by atoms with Gasteiger partial charge in [0.2, 0.25) is 5.95 Å². The molecule has 6 nitrogen and oxygen atoms in total. The summed E-state index contributed by atoms with van der Waals surface area (Å²) in [6.07, 6.45) is 5.46. The van der Waals surface area contributed by atoms with Gasteiger partial charge in [0.05, 0.1) is 17.0 Å². The summed E-state index contributed by atoms with van der Waals surface area (Å²) < 4.78 is 5.60. The van der Waals surface area contributed by atoms with Crippen LogP contribution >= 0.6 is 0 Å². The number of hydrogen-bond donors (Lipinski definition) is 1. The summed E-state index contributed by atoms with van der Waals surface area (Å²) in [6.45, 7) is 4.01. The lowest BCUT2D eigenvalue weighted by Gasteiger charge is -2.19. The van der Waals surface area contributed by atoms with Gasteiger partial charge in [-0.2, -0.15) is 0 Å². The van der Waals surface area contributed by atoms with Crippen LogP contribution in [-0.2, 0) is 0 Å². The second kappa shape index (κ2) is 7.88. The molecule has 0 aliphatic carbocycles. The lowest BCUT2D eigenvalue weighted by Crippen LogP contribution is -2.27. The molecule has 2 aromatic heterocycles. The number of nitrogens with one attached hydrogen (secondary N) is 1. The molecule has 140 valence electrons. The minimum atomic E-state index is 0.646. The van der Waals surface area contributed by atoms with Crippen LogP contribution in [0.15, 0.2) is 47.1 Å². The molecule has 3 aromatic rings. The molecule has 0 radical (unpaired) electrons. The highest BCUT2D eigenvalue weighted by molar-refractivity contribution is 5.79. The van der Waals surface area contributed by atoms with Crippen LogP contribution in [0.5, 0.6) is 0 Å². The number of benzene rings is 1. The van der Waals surface area contributed by atoms with E-state index in [1.54, 1.807) is 6.20 Å². The zero-order chi connectivity index (χ0) is 18.6. The highest BCUT2D eigenvalue weighted by Crippen LogP contribution is 2.33. The van der Waals surface area contributed by atoms with Crippen LogP contribution in [-0.4, -0.2) is 46.2 Å². The molecule has 1 aromatic carbocycles. The number of rotatable bonds is 6. The number of hydrogen-bond acceptors (Lipinski definition) is 6. The number of aryl methyl sites for hydroxylation is 1. The third kappa shape index (κ3) is 3.85. The monoisotopic (exact) mass is 363 g/mol. The minimum absolute atomic E-state index is 0.646. The van der Waals surface area contributed by atoms with E-state index in [4.69, 9.17) is 9.51 Å². The van der Waals surface area contributed by atoms with Gasteiger partial charge in [0.25, 0.3) is 0 Å². The molecule has 0 spiro atoms. The first kappa shape index (κ1) is 17.7. The van der Waals surface area contributed by atoms with E-state index < -0.39 is 0 Å². The molecule has 4 rings (SSSR count). The van der Waals surface area contributed by atoms with Gasteiger partial charge in [-0.05, 0) is 45.8 Å². The van der Waals surface area contributed by atoms with Gasteiger partial charge in [-0.15, -0.1) is 0 Å². The number of anilines is 1. The second-order valence-electron chi connectivity index (χ2n) is 7.10. The van der Waals surface area contributed by atoms with Crippen molar-refractivity contribution in [3.05, 3.63) is 48.3 Å². The van der Waals surface area contributed by atoms with Crippen molar-refractivity contribution in [2.75, 3.05) is 25.5 Å². The normalized spacial score (nSPS) is 17.3. The van der Waals surface area contributed by atoms with E-state index in [0.29, 0.717) is 12.0 Å². The molecule has 0 amide bonds. The predicted molar refractivity (Wildman–Crippen MR) is 106 cm³/mol. The summed E-state index contributed by atoms with van der Waals surface area (Å²) in [5.41, 5.74) is 3.56.